The second-order valence-electron chi connectivity index (χ2n) is 6.97. The number of alkyl halides is 3. The molecule has 2 aromatic rings. The van der Waals surface area contributed by atoms with Crippen molar-refractivity contribution in [2.24, 2.45) is 5.92 Å². The predicted molar refractivity (Wildman–Crippen MR) is 105 cm³/mol. The lowest BCUT2D eigenvalue weighted by Gasteiger charge is -2.34. The molecule has 0 aliphatic carbocycles. The topological polar surface area (TPSA) is 89.9 Å². The van der Waals surface area contributed by atoms with Gasteiger partial charge in [-0.2, -0.15) is 13.2 Å². The molecule has 2 aromatic carbocycles. The quantitative estimate of drug-likeness (QED) is 0.643. The third kappa shape index (κ3) is 4.79. The lowest BCUT2D eigenvalue weighted by molar-refractivity contribution is -0.142. The van der Waals surface area contributed by atoms with Crippen LogP contribution in [0.25, 0.3) is 0 Å². The van der Waals surface area contributed by atoms with E-state index < -0.39 is 29.5 Å². The zero-order valence-corrected chi connectivity index (χ0v) is 16.3. The summed E-state index contributed by atoms with van der Waals surface area (Å²) < 4.78 is 39.7. The second-order valence-corrected chi connectivity index (χ2v) is 7.41. The Labute approximate surface area is 174 Å². The molecule has 0 aromatic heterocycles. The van der Waals surface area contributed by atoms with Crippen LogP contribution >= 0.6 is 11.6 Å². The van der Waals surface area contributed by atoms with E-state index in [2.05, 4.69) is 5.32 Å². The van der Waals surface area contributed by atoms with Crippen molar-refractivity contribution >= 4 is 34.9 Å². The number of carbonyl (C=O) groups excluding carboxylic acids is 1. The molecule has 3 rings (SSSR count). The van der Waals surface area contributed by atoms with E-state index in [0.717, 1.165) is 12.1 Å². The number of benzene rings is 2. The largest absolute Gasteiger partial charge is 0.507 e. The number of rotatable bonds is 4. The summed E-state index contributed by atoms with van der Waals surface area (Å²) in [6, 6.07) is 6.64. The summed E-state index contributed by atoms with van der Waals surface area (Å²) in [5, 5.41) is 21.8. The van der Waals surface area contributed by atoms with Crippen molar-refractivity contribution in [2.75, 3.05) is 23.3 Å². The van der Waals surface area contributed by atoms with Gasteiger partial charge in [-0.25, -0.2) is 0 Å². The van der Waals surface area contributed by atoms with Gasteiger partial charge in [0, 0.05) is 18.1 Å². The lowest BCUT2D eigenvalue weighted by atomic mass is 9.97. The number of hydrogen-bond acceptors (Lipinski definition) is 4. The Morgan fingerprint density at radius 2 is 1.90 bits per heavy atom. The van der Waals surface area contributed by atoms with Crippen LogP contribution in [-0.4, -0.2) is 35.2 Å². The van der Waals surface area contributed by atoms with Crippen molar-refractivity contribution in [1.29, 1.82) is 0 Å². The third-order valence-corrected chi connectivity index (χ3v) is 5.12. The summed E-state index contributed by atoms with van der Waals surface area (Å²) in [5.74, 6) is -2.88. The van der Waals surface area contributed by atoms with Crippen molar-refractivity contribution in [1.82, 2.24) is 0 Å². The highest BCUT2D eigenvalue weighted by Gasteiger charge is 2.33. The van der Waals surface area contributed by atoms with E-state index in [-0.39, 0.29) is 34.3 Å². The summed E-state index contributed by atoms with van der Waals surface area (Å²) in [7, 11) is 0. The normalized spacial score (nSPS) is 16.9. The van der Waals surface area contributed by atoms with Gasteiger partial charge in [-0.1, -0.05) is 11.6 Å². The molecule has 1 atom stereocenters. The van der Waals surface area contributed by atoms with Crippen molar-refractivity contribution in [3.8, 4) is 5.75 Å². The average molecular weight is 443 g/mol. The van der Waals surface area contributed by atoms with Gasteiger partial charge in [0.05, 0.1) is 28.4 Å². The number of aromatic hydroxyl groups is 1. The highest BCUT2D eigenvalue weighted by atomic mass is 35.5. The van der Waals surface area contributed by atoms with Crippen LogP contribution in [-0.2, 0) is 11.0 Å². The molecule has 1 amide bonds. The number of carboxylic acids is 1. The first-order chi connectivity index (χ1) is 14.1. The number of aliphatic carboxylic acids is 1. The average Bonchev–Trinajstić information content (AvgIpc) is 2.69. The molecule has 3 N–H and O–H groups in total. The van der Waals surface area contributed by atoms with Crippen LogP contribution in [0.5, 0.6) is 5.75 Å². The molecule has 10 heteroatoms. The zero-order chi connectivity index (χ0) is 22.1. The number of phenolic OH excluding ortho intramolecular Hbond substituents is 1. The maximum absolute atomic E-state index is 13.2. The minimum atomic E-state index is -4.64. The van der Waals surface area contributed by atoms with Crippen LogP contribution in [0.4, 0.5) is 24.5 Å². The Kier molecular flexibility index (Phi) is 6.12. The number of nitrogens with zero attached hydrogens (tertiary/aromatic N) is 1. The molecule has 0 radical (unpaired) electrons. The molecule has 1 aliphatic heterocycles. The SMILES string of the molecule is O=C(Nc1cc(C(F)(F)F)ccc1N1CCCC(C(=O)O)C1)c1cc(Cl)ccc1O. The molecule has 1 saturated heterocycles. The van der Waals surface area contributed by atoms with E-state index in [1.54, 1.807) is 4.90 Å². The number of piperidine rings is 1. The van der Waals surface area contributed by atoms with Gasteiger partial charge in [-0.3, -0.25) is 9.59 Å². The van der Waals surface area contributed by atoms with Crippen LogP contribution in [0.15, 0.2) is 36.4 Å². The van der Waals surface area contributed by atoms with Crippen molar-refractivity contribution in [3.05, 3.63) is 52.5 Å². The third-order valence-electron chi connectivity index (χ3n) is 4.89. The fraction of sp³-hybridized carbons (Fsp3) is 0.300. The Morgan fingerprint density at radius 3 is 2.57 bits per heavy atom. The summed E-state index contributed by atoms with van der Waals surface area (Å²) in [4.78, 5) is 25.6. The number of amides is 1. The molecular formula is C20H18ClF3N2O4. The van der Waals surface area contributed by atoms with Crippen LogP contribution in [0.1, 0.15) is 28.8 Å². The Morgan fingerprint density at radius 1 is 1.17 bits per heavy atom. The number of phenols is 1. The van der Waals surface area contributed by atoms with Gasteiger partial charge < -0.3 is 20.4 Å². The second kappa shape index (κ2) is 8.43. The highest BCUT2D eigenvalue weighted by molar-refractivity contribution is 6.31. The number of carboxylic acid groups (broad SMARTS) is 1. The van der Waals surface area contributed by atoms with Crippen LogP contribution in [0.2, 0.25) is 5.02 Å². The Balaban J connectivity index is 1.98. The van der Waals surface area contributed by atoms with Gasteiger partial charge in [0.2, 0.25) is 0 Å². The monoisotopic (exact) mass is 442 g/mol. The highest BCUT2D eigenvalue weighted by Crippen LogP contribution is 2.37. The fourth-order valence-electron chi connectivity index (χ4n) is 3.37. The first-order valence-electron chi connectivity index (χ1n) is 9.05. The van der Waals surface area contributed by atoms with Crippen molar-refractivity contribution in [3.63, 3.8) is 0 Å². The molecule has 1 heterocycles. The molecule has 0 saturated carbocycles. The number of anilines is 2. The molecule has 30 heavy (non-hydrogen) atoms. The van der Waals surface area contributed by atoms with Gasteiger partial charge >= 0.3 is 12.1 Å². The predicted octanol–water partition coefficient (Wildman–Crippen LogP) is 4.62. The summed E-state index contributed by atoms with van der Waals surface area (Å²) in [6.45, 7) is 0.534. The first-order valence-corrected chi connectivity index (χ1v) is 9.43. The Hall–Kier alpha value is -2.94. The number of carbonyl (C=O) groups is 2. The number of nitrogens with one attached hydrogen (secondary N) is 1. The van der Waals surface area contributed by atoms with E-state index >= 15 is 0 Å². The van der Waals surface area contributed by atoms with E-state index in [1.807, 2.05) is 0 Å². The summed E-state index contributed by atoms with van der Waals surface area (Å²) in [6.07, 6.45) is -3.63. The standard InChI is InChI=1S/C20H18ClF3N2O4/c21-13-4-6-17(27)14(9-13)18(28)25-15-8-12(20(22,23)24)3-5-16(15)26-7-1-2-11(10-26)19(29)30/h3-6,8-9,11,27H,1-2,7,10H2,(H,25,28)(H,29,30). The van der Waals surface area contributed by atoms with Crippen molar-refractivity contribution < 1.29 is 33.0 Å². The lowest BCUT2D eigenvalue weighted by Crippen LogP contribution is -2.39. The molecular weight excluding hydrogens is 425 g/mol. The number of hydrogen-bond donors (Lipinski definition) is 3. The van der Waals surface area contributed by atoms with Gasteiger partial charge in [0.15, 0.2) is 0 Å². The molecule has 6 nitrogen and oxygen atoms in total. The maximum Gasteiger partial charge on any atom is 0.416 e. The first kappa shape index (κ1) is 21.8. The minimum absolute atomic E-state index is 0.103. The van der Waals surface area contributed by atoms with E-state index in [9.17, 15) is 33.0 Å². The Bertz CT molecular complexity index is 981. The van der Waals surface area contributed by atoms with Gasteiger partial charge in [-0.15, -0.1) is 0 Å². The molecule has 1 unspecified atom stereocenters. The number of halogens is 4. The molecule has 0 bridgehead atoms. The smallest absolute Gasteiger partial charge is 0.416 e. The van der Waals surface area contributed by atoms with E-state index in [1.165, 1.54) is 24.3 Å². The van der Waals surface area contributed by atoms with Crippen molar-refractivity contribution in [2.45, 2.75) is 19.0 Å². The van der Waals surface area contributed by atoms with Crippen LogP contribution < -0.4 is 10.2 Å². The molecule has 1 aliphatic rings. The minimum Gasteiger partial charge on any atom is -0.507 e. The fourth-order valence-corrected chi connectivity index (χ4v) is 3.54. The summed E-state index contributed by atoms with van der Waals surface area (Å²) in [5.41, 5.74) is -1.04. The van der Waals surface area contributed by atoms with Gasteiger partial charge in [0.25, 0.3) is 5.91 Å². The van der Waals surface area contributed by atoms with E-state index in [4.69, 9.17) is 11.6 Å². The zero-order valence-electron chi connectivity index (χ0n) is 15.5. The van der Waals surface area contributed by atoms with Crippen LogP contribution in [0.3, 0.4) is 0 Å². The molecule has 1 fully saturated rings. The van der Waals surface area contributed by atoms with Gasteiger partial charge in [0.1, 0.15) is 5.75 Å². The van der Waals surface area contributed by atoms with E-state index in [0.29, 0.717) is 19.4 Å². The molecule has 160 valence electrons. The summed E-state index contributed by atoms with van der Waals surface area (Å²) >= 11 is 5.84. The van der Waals surface area contributed by atoms with Gasteiger partial charge in [-0.05, 0) is 49.2 Å². The maximum atomic E-state index is 13.2. The van der Waals surface area contributed by atoms with Crippen LogP contribution in [0, 0.1) is 5.92 Å². The molecule has 0 spiro atoms.